The van der Waals surface area contributed by atoms with Crippen LogP contribution in [0.4, 0.5) is 0 Å². The molecule has 0 aliphatic rings. The van der Waals surface area contributed by atoms with E-state index in [2.05, 4.69) is 157 Å². The summed E-state index contributed by atoms with van der Waals surface area (Å²) in [5.41, 5.74) is 20.5. The maximum Gasteiger partial charge on any atom is 0.0301 e. The van der Waals surface area contributed by atoms with E-state index in [4.69, 9.17) is 0 Å². The number of benzene rings is 4. The highest BCUT2D eigenvalue weighted by molar-refractivity contribution is 9.11. The zero-order chi connectivity index (χ0) is 28.4. The van der Waals surface area contributed by atoms with Crippen LogP contribution in [0.2, 0.25) is 0 Å². The van der Waals surface area contributed by atoms with Crippen LogP contribution in [0.25, 0.3) is 33.4 Å². The first-order valence-corrected chi connectivity index (χ1v) is 16.0. The summed E-state index contributed by atoms with van der Waals surface area (Å²) < 4.78 is 4.48. The first kappa shape index (κ1) is 29.8. The molecule has 0 atom stereocenters. The molecule has 0 aliphatic heterocycles. The van der Waals surface area contributed by atoms with E-state index < -0.39 is 0 Å². The van der Waals surface area contributed by atoms with Crippen LogP contribution in [0.15, 0.2) is 42.2 Å². The van der Waals surface area contributed by atoms with Gasteiger partial charge in [0.25, 0.3) is 0 Å². The van der Waals surface area contributed by atoms with Crippen LogP contribution in [0, 0.1) is 69.2 Å². The van der Waals surface area contributed by atoms with Crippen molar-refractivity contribution in [1.82, 2.24) is 0 Å². The first-order chi connectivity index (χ1) is 17.7. The smallest absolute Gasteiger partial charge is 0.0301 e. The van der Waals surface area contributed by atoms with Gasteiger partial charge in [0, 0.05) is 29.0 Å². The topological polar surface area (TPSA) is 0 Å². The van der Waals surface area contributed by atoms with E-state index in [-0.39, 0.29) is 0 Å². The van der Waals surface area contributed by atoms with Gasteiger partial charge < -0.3 is 0 Å². The van der Waals surface area contributed by atoms with Gasteiger partial charge in [0.1, 0.15) is 0 Å². The highest BCUT2D eigenvalue weighted by atomic mass is 79.9. The van der Waals surface area contributed by atoms with Crippen LogP contribution in [0.1, 0.15) is 55.6 Å². The van der Waals surface area contributed by atoms with Gasteiger partial charge in [-0.15, -0.1) is 0 Å². The quantitative estimate of drug-likeness (QED) is 0.195. The van der Waals surface area contributed by atoms with E-state index in [0.29, 0.717) is 0 Å². The highest BCUT2D eigenvalue weighted by Gasteiger charge is 2.26. The SMILES string of the molecule is Cc1cc(-c2cc(C)c(-c3c(C)c(Br)c(-c4c(Br)c(C)c(C)c(C)c4Br)c(Br)c3C)c(C)c2)cc(C)c1C. The van der Waals surface area contributed by atoms with E-state index in [1.165, 1.54) is 89.0 Å². The van der Waals surface area contributed by atoms with Crippen molar-refractivity contribution < 1.29 is 0 Å². The third kappa shape index (κ3) is 4.82. The van der Waals surface area contributed by atoms with Gasteiger partial charge in [0.15, 0.2) is 0 Å². The minimum Gasteiger partial charge on any atom is -0.0512 e. The van der Waals surface area contributed by atoms with Crippen molar-refractivity contribution >= 4 is 63.7 Å². The Balaban J connectivity index is 1.98. The average molecular weight is 762 g/mol. The molecular formula is C34H34Br4. The summed E-state index contributed by atoms with van der Waals surface area (Å²) in [4.78, 5) is 0. The van der Waals surface area contributed by atoms with Gasteiger partial charge in [-0.25, -0.2) is 0 Å². The highest BCUT2D eigenvalue weighted by Crippen LogP contribution is 2.51. The number of rotatable bonds is 3. The molecule has 4 aromatic rings. The van der Waals surface area contributed by atoms with E-state index in [9.17, 15) is 0 Å². The van der Waals surface area contributed by atoms with Gasteiger partial charge in [-0.1, -0.05) is 24.3 Å². The second kappa shape index (κ2) is 11.0. The van der Waals surface area contributed by atoms with Crippen LogP contribution < -0.4 is 0 Å². The molecule has 0 fully saturated rings. The van der Waals surface area contributed by atoms with Crippen molar-refractivity contribution in [1.29, 1.82) is 0 Å². The fourth-order valence-corrected chi connectivity index (χ4v) is 8.70. The lowest BCUT2D eigenvalue weighted by Gasteiger charge is -2.25. The van der Waals surface area contributed by atoms with Crippen LogP contribution in [-0.2, 0) is 0 Å². The third-order valence-electron chi connectivity index (χ3n) is 8.36. The van der Waals surface area contributed by atoms with Crippen LogP contribution in [0.3, 0.4) is 0 Å². The Hall–Kier alpha value is -1.20. The molecule has 0 saturated carbocycles. The molecule has 4 aromatic carbocycles. The molecule has 0 radical (unpaired) electrons. The van der Waals surface area contributed by atoms with Gasteiger partial charge in [0.05, 0.1) is 0 Å². The number of hydrogen-bond donors (Lipinski definition) is 0. The fraction of sp³-hybridized carbons (Fsp3) is 0.294. The molecular weight excluding hydrogens is 728 g/mol. The Kier molecular flexibility index (Phi) is 8.61. The Bertz CT molecular complexity index is 1540. The minimum absolute atomic E-state index is 1.11. The lowest BCUT2D eigenvalue weighted by atomic mass is 9.84. The van der Waals surface area contributed by atoms with Crippen molar-refractivity contribution in [2.45, 2.75) is 69.2 Å². The standard InChI is InChI=1S/C34H34Br4/c1-15-11-25(12-16(2)19(15)5)26-13-17(3)27(18(4)14-26)28-23(9)33(37)30(34(38)24(28)10)29-31(35)21(7)20(6)22(8)32(29)36/h11-14H,1-10H3. The molecule has 0 nitrogen and oxygen atoms in total. The molecule has 0 saturated heterocycles. The van der Waals surface area contributed by atoms with Crippen LogP contribution in [-0.4, -0.2) is 0 Å². The maximum atomic E-state index is 4.04. The summed E-state index contributed by atoms with van der Waals surface area (Å²) in [6, 6.07) is 9.33. The predicted molar refractivity (Wildman–Crippen MR) is 181 cm³/mol. The number of hydrogen-bond acceptors (Lipinski definition) is 0. The Morgan fingerprint density at radius 1 is 0.316 bits per heavy atom. The number of aryl methyl sites for hydroxylation is 4. The second-order valence-electron chi connectivity index (χ2n) is 10.7. The lowest BCUT2D eigenvalue weighted by Crippen LogP contribution is -2.02. The molecule has 38 heavy (non-hydrogen) atoms. The summed E-state index contributed by atoms with van der Waals surface area (Å²) in [5.74, 6) is 0. The minimum atomic E-state index is 1.11. The van der Waals surface area contributed by atoms with Crippen molar-refractivity contribution in [2.24, 2.45) is 0 Å². The lowest BCUT2D eigenvalue weighted by molar-refractivity contribution is 1.22. The molecule has 4 rings (SSSR count). The van der Waals surface area contributed by atoms with Crippen molar-refractivity contribution in [3.8, 4) is 33.4 Å². The molecule has 4 heteroatoms. The monoisotopic (exact) mass is 758 g/mol. The van der Waals surface area contributed by atoms with Gasteiger partial charge >= 0.3 is 0 Å². The maximum absolute atomic E-state index is 4.04. The first-order valence-electron chi connectivity index (χ1n) is 12.8. The largest absolute Gasteiger partial charge is 0.0512 e. The summed E-state index contributed by atoms with van der Waals surface area (Å²) >= 11 is 15.9. The van der Waals surface area contributed by atoms with Crippen molar-refractivity contribution in [2.75, 3.05) is 0 Å². The molecule has 0 aromatic heterocycles. The fourth-order valence-electron chi connectivity index (χ4n) is 5.59. The normalized spacial score (nSPS) is 11.4. The van der Waals surface area contributed by atoms with Crippen LogP contribution in [0.5, 0.6) is 0 Å². The zero-order valence-electron chi connectivity index (χ0n) is 23.8. The van der Waals surface area contributed by atoms with E-state index in [1.54, 1.807) is 0 Å². The van der Waals surface area contributed by atoms with E-state index >= 15 is 0 Å². The van der Waals surface area contributed by atoms with E-state index in [1.807, 2.05) is 0 Å². The summed E-state index contributed by atoms with van der Waals surface area (Å²) in [6.45, 7) is 22.1. The average Bonchev–Trinajstić information content (AvgIpc) is 2.86. The molecule has 0 aliphatic carbocycles. The summed E-state index contributed by atoms with van der Waals surface area (Å²) in [7, 11) is 0. The molecule has 0 unspecified atom stereocenters. The second-order valence-corrected chi connectivity index (χ2v) is 13.9. The van der Waals surface area contributed by atoms with Gasteiger partial charge in [-0.3, -0.25) is 0 Å². The van der Waals surface area contributed by atoms with E-state index in [0.717, 1.165) is 17.9 Å². The third-order valence-corrected chi connectivity index (χ3v) is 12.3. The Morgan fingerprint density at radius 2 is 0.632 bits per heavy atom. The Labute approximate surface area is 262 Å². The van der Waals surface area contributed by atoms with Crippen molar-refractivity contribution in [3.05, 3.63) is 97.8 Å². The van der Waals surface area contributed by atoms with Gasteiger partial charge in [-0.05, 0) is 211 Å². The Morgan fingerprint density at radius 3 is 1.00 bits per heavy atom. The molecule has 0 heterocycles. The van der Waals surface area contributed by atoms with Crippen LogP contribution >= 0.6 is 63.7 Å². The summed E-state index contributed by atoms with van der Waals surface area (Å²) in [5, 5.41) is 0. The zero-order valence-corrected chi connectivity index (χ0v) is 30.2. The predicted octanol–water partition coefficient (Wildman–Crippen LogP) is 12.8. The van der Waals surface area contributed by atoms with Gasteiger partial charge in [0.2, 0.25) is 0 Å². The van der Waals surface area contributed by atoms with Gasteiger partial charge in [-0.2, -0.15) is 0 Å². The molecule has 0 bridgehead atoms. The molecule has 0 amide bonds. The molecule has 0 N–H and O–H groups in total. The molecule has 198 valence electrons. The number of halogens is 4. The van der Waals surface area contributed by atoms with Crippen molar-refractivity contribution in [3.63, 3.8) is 0 Å². The molecule has 0 spiro atoms. The summed E-state index contributed by atoms with van der Waals surface area (Å²) in [6.07, 6.45) is 0.